The van der Waals surface area contributed by atoms with Gasteiger partial charge < -0.3 is 19.5 Å². The first kappa shape index (κ1) is 24.2. The lowest BCUT2D eigenvalue weighted by Gasteiger charge is -2.12. The number of methoxy groups -OCH3 is 2. The molecule has 1 aromatic heterocycles. The molecule has 0 aliphatic rings. The SMILES string of the molecule is COc1ccc(CNC(=O)COC(=O)c2cc(-c3cccc(Br)c3)nc3ccccc23)cc1OC. The number of benzene rings is 3. The van der Waals surface area contributed by atoms with Crippen molar-refractivity contribution in [2.75, 3.05) is 20.8 Å². The van der Waals surface area contributed by atoms with Crippen LogP contribution in [0.15, 0.2) is 77.3 Å². The highest BCUT2D eigenvalue weighted by atomic mass is 79.9. The van der Waals surface area contributed by atoms with Gasteiger partial charge in [0.05, 0.1) is 31.0 Å². The molecule has 0 unspecified atom stereocenters. The van der Waals surface area contributed by atoms with E-state index in [4.69, 9.17) is 14.2 Å². The van der Waals surface area contributed by atoms with Crippen LogP contribution in [0.4, 0.5) is 0 Å². The molecule has 1 heterocycles. The molecule has 0 radical (unpaired) electrons. The quantitative estimate of drug-likeness (QED) is 0.314. The molecule has 0 fully saturated rings. The van der Waals surface area contributed by atoms with E-state index in [0.717, 1.165) is 15.6 Å². The maximum atomic E-state index is 13.0. The lowest BCUT2D eigenvalue weighted by molar-refractivity contribution is -0.124. The summed E-state index contributed by atoms with van der Waals surface area (Å²) in [6, 6.07) is 22.0. The zero-order chi connectivity index (χ0) is 24.8. The predicted octanol–water partition coefficient (Wildman–Crippen LogP) is 5.15. The Morgan fingerprint density at radius 3 is 2.49 bits per heavy atom. The number of fused-ring (bicyclic) bond motifs is 1. The zero-order valence-corrected chi connectivity index (χ0v) is 20.8. The molecule has 0 spiro atoms. The van der Waals surface area contributed by atoms with Gasteiger partial charge in [0.15, 0.2) is 18.1 Å². The number of nitrogens with zero attached hydrogens (tertiary/aromatic N) is 1. The Morgan fingerprint density at radius 1 is 0.914 bits per heavy atom. The minimum Gasteiger partial charge on any atom is -0.493 e. The molecule has 1 N–H and O–H groups in total. The van der Waals surface area contributed by atoms with Crippen molar-refractivity contribution in [1.82, 2.24) is 10.3 Å². The number of nitrogens with one attached hydrogen (secondary N) is 1. The summed E-state index contributed by atoms with van der Waals surface area (Å²) in [6.45, 7) is -0.156. The standard InChI is InChI=1S/C27H23BrN2O5/c1-33-24-11-10-17(12-25(24)34-2)15-29-26(31)16-35-27(32)21-14-23(18-6-5-7-19(28)13-18)30-22-9-4-3-8-20(21)22/h3-14H,15-16H2,1-2H3,(H,29,31). The van der Waals surface area contributed by atoms with Gasteiger partial charge in [-0.05, 0) is 42.0 Å². The zero-order valence-electron chi connectivity index (χ0n) is 19.2. The largest absolute Gasteiger partial charge is 0.493 e. The highest BCUT2D eigenvalue weighted by molar-refractivity contribution is 9.10. The highest BCUT2D eigenvalue weighted by Crippen LogP contribution is 2.28. The number of halogens is 1. The Morgan fingerprint density at radius 2 is 1.71 bits per heavy atom. The second-order valence-corrected chi connectivity index (χ2v) is 8.54. The molecule has 3 aromatic carbocycles. The fourth-order valence-electron chi connectivity index (χ4n) is 3.59. The Kier molecular flexibility index (Phi) is 7.62. The molecular weight excluding hydrogens is 512 g/mol. The number of hydrogen-bond acceptors (Lipinski definition) is 6. The van der Waals surface area contributed by atoms with Crippen LogP contribution < -0.4 is 14.8 Å². The van der Waals surface area contributed by atoms with Crippen LogP contribution in [0.25, 0.3) is 22.2 Å². The van der Waals surface area contributed by atoms with Crippen LogP contribution in [0, 0.1) is 0 Å². The normalized spacial score (nSPS) is 10.6. The molecule has 0 atom stereocenters. The van der Waals surface area contributed by atoms with E-state index in [1.54, 1.807) is 38.5 Å². The third-order valence-corrected chi connectivity index (χ3v) is 5.82. The van der Waals surface area contributed by atoms with Gasteiger partial charge in [-0.25, -0.2) is 9.78 Å². The van der Waals surface area contributed by atoms with E-state index in [1.807, 2.05) is 48.5 Å². The van der Waals surface area contributed by atoms with Crippen molar-refractivity contribution in [2.45, 2.75) is 6.54 Å². The van der Waals surface area contributed by atoms with E-state index in [2.05, 4.69) is 26.2 Å². The van der Waals surface area contributed by atoms with Crippen LogP contribution in [0.2, 0.25) is 0 Å². The van der Waals surface area contributed by atoms with Crippen molar-refractivity contribution in [3.8, 4) is 22.8 Å². The third-order valence-electron chi connectivity index (χ3n) is 5.33. The average molecular weight is 535 g/mol. The van der Waals surface area contributed by atoms with Crippen LogP contribution in [0.3, 0.4) is 0 Å². The van der Waals surface area contributed by atoms with Gasteiger partial charge in [0.25, 0.3) is 5.91 Å². The van der Waals surface area contributed by atoms with E-state index in [1.165, 1.54) is 0 Å². The van der Waals surface area contributed by atoms with Crippen LogP contribution in [0.5, 0.6) is 11.5 Å². The molecular formula is C27H23BrN2O5. The lowest BCUT2D eigenvalue weighted by atomic mass is 10.0. The fraction of sp³-hybridized carbons (Fsp3) is 0.148. The first-order valence-electron chi connectivity index (χ1n) is 10.8. The minimum atomic E-state index is -0.596. The molecule has 4 rings (SSSR count). The molecule has 8 heteroatoms. The van der Waals surface area contributed by atoms with Crippen molar-refractivity contribution in [3.63, 3.8) is 0 Å². The van der Waals surface area contributed by atoms with Gasteiger partial charge in [-0.15, -0.1) is 0 Å². The predicted molar refractivity (Wildman–Crippen MR) is 137 cm³/mol. The molecule has 0 aliphatic heterocycles. The van der Waals surface area contributed by atoms with Gasteiger partial charge in [0.1, 0.15) is 0 Å². The number of pyridine rings is 1. The minimum absolute atomic E-state index is 0.252. The van der Waals surface area contributed by atoms with Gasteiger partial charge in [-0.1, -0.05) is 52.3 Å². The molecule has 0 bridgehead atoms. The van der Waals surface area contributed by atoms with Crippen molar-refractivity contribution in [3.05, 3.63) is 88.4 Å². The van der Waals surface area contributed by atoms with Crippen molar-refractivity contribution >= 4 is 38.7 Å². The number of esters is 1. The van der Waals surface area contributed by atoms with Crippen LogP contribution in [0.1, 0.15) is 15.9 Å². The Balaban J connectivity index is 1.46. The number of hydrogen-bond donors (Lipinski definition) is 1. The summed E-state index contributed by atoms with van der Waals surface area (Å²) in [7, 11) is 3.10. The summed E-state index contributed by atoms with van der Waals surface area (Å²) in [5, 5.41) is 3.40. The number of aromatic nitrogens is 1. The van der Waals surface area contributed by atoms with Gasteiger partial charge in [-0.2, -0.15) is 0 Å². The number of carbonyl (C=O) groups excluding carboxylic acids is 2. The van der Waals surface area contributed by atoms with Gasteiger partial charge in [-0.3, -0.25) is 4.79 Å². The van der Waals surface area contributed by atoms with Crippen LogP contribution in [-0.4, -0.2) is 37.7 Å². The second-order valence-electron chi connectivity index (χ2n) is 7.62. The summed E-state index contributed by atoms with van der Waals surface area (Å²) < 4.78 is 16.8. The number of ether oxygens (including phenoxy) is 3. The van der Waals surface area contributed by atoms with E-state index in [-0.39, 0.29) is 6.54 Å². The number of amides is 1. The average Bonchev–Trinajstić information content (AvgIpc) is 2.89. The molecule has 7 nitrogen and oxygen atoms in total. The fourth-order valence-corrected chi connectivity index (χ4v) is 3.99. The molecule has 0 aliphatic carbocycles. The summed E-state index contributed by atoms with van der Waals surface area (Å²) in [4.78, 5) is 30.0. The molecule has 4 aromatic rings. The van der Waals surface area contributed by atoms with Crippen LogP contribution >= 0.6 is 15.9 Å². The summed E-state index contributed by atoms with van der Waals surface area (Å²) in [5.74, 6) is 0.152. The highest BCUT2D eigenvalue weighted by Gasteiger charge is 2.17. The van der Waals surface area contributed by atoms with E-state index < -0.39 is 18.5 Å². The second kappa shape index (κ2) is 11.0. The molecule has 35 heavy (non-hydrogen) atoms. The van der Waals surface area contributed by atoms with Gasteiger partial charge >= 0.3 is 5.97 Å². The Hall–Kier alpha value is -3.91. The van der Waals surface area contributed by atoms with Crippen molar-refractivity contribution in [1.29, 1.82) is 0 Å². The summed E-state index contributed by atoms with van der Waals surface area (Å²) in [5.41, 5.74) is 3.32. The van der Waals surface area contributed by atoms with Gasteiger partial charge in [0, 0.05) is 22.0 Å². The van der Waals surface area contributed by atoms with Gasteiger partial charge in [0.2, 0.25) is 0 Å². The molecule has 1 amide bonds. The Labute approximate surface area is 211 Å². The smallest absolute Gasteiger partial charge is 0.339 e. The lowest BCUT2D eigenvalue weighted by Crippen LogP contribution is -2.28. The van der Waals surface area contributed by atoms with Crippen molar-refractivity contribution < 1.29 is 23.8 Å². The maximum Gasteiger partial charge on any atom is 0.339 e. The first-order chi connectivity index (χ1) is 17.0. The van der Waals surface area contributed by atoms with E-state index in [0.29, 0.717) is 33.7 Å². The number of para-hydroxylation sites is 1. The summed E-state index contributed by atoms with van der Waals surface area (Å²) in [6.07, 6.45) is 0. The Bertz CT molecular complexity index is 1390. The number of rotatable bonds is 8. The van der Waals surface area contributed by atoms with Crippen LogP contribution in [-0.2, 0) is 16.1 Å². The first-order valence-corrected chi connectivity index (χ1v) is 11.6. The van der Waals surface area contributed by atoms with E-state index in [9.17, 15) is 9.59 Å². The monoisotopic (exact) mass is 534 g/mol. The molecule has 0 saturated heterocycles. The topological polar surface area (TPSA) is 86.8 Å². The third kappa shape index (κ3) is 5.78. The molecule has 0 saturated carbocycles. The maximum absolute atomic E-state index is 13.0. The molecule has 178 valence electrons. The summed E-state index contributed by atoms with van der Waals surface area (Å²) >= 11 is 3.47. The van der Waals surface area contributed by atoms with Crippen molar-refractivity contribution in [2.24, 2.45) is 0 Å². The van der Waals surface area contributed by atoms with E-state index >= 15 is 0 Å². The number of carbonyl (C=O) groups is 2.